The van der Waals surface area contributed by atoms with Crippen molar-refractivity contribution in [2.24, 2.45) is 0 Å². The van der Waals surface area contributed by atoms with Gasteiger partial charge in [-0.15, -0.1) is 0 Å². The van der Waals surface area contributed by atoms with Crippen LogP contribution in [0.3, 0.4) is 0 Å². The molecule has 1 aromatic rings. The summed E-state index contributed by atoms with van der Waals surface area (Å²) in [6.07, 6.45) is 9.40. The number of hydrogen-bond acceptors (Lipinski definition) is 7. The molecule has 0 aromatic heterocycles. The highest BCUT2D eigenvalue weighted by atomic mass is 16.9. The van der Waals surface area contributed by atoms with E-state index in [0.29, 0.717) is 19.8 Å². The lowest BCUT2D eigenvalue weighted by Crippen LogP contribution is -2.45. The summed E-state index contributed by atoms with van der Waals surface area (Å²) in [7, 11) is 0. The summed E-state index contributed by atoms with van der Waals surface area (Å²) in [5.41, 5.74) is 1.09. The SMILES string of the molecule is CCOc1ccc(CO[C@H]2[C@@H]3OC4(CCCCC4)O[C@H]3O[C@H]2[C@@H]2COC3(CCCCC3)O2)cc1. The van der Waals surface area contributed by atoms with Gasteiger partial charge in [-0.05, 0) is 50.3 Å². The summed E-state index contributed by atoms with van der Waals surface area (Å²) in [6, 6.07) is 8.07. The highest BCUT2D eigenvalue weighted by Crippen LogP contribution is 2.48. The first kappa shape index (κ1) is 23.2. The average Bonchev–Trinajstić information content (AvgIpc) is 3.51. The predicted octanol–water partition coefficient (Wildman–Crippen LogP) is 4.85. The fourth-order valence-electron chi connectivity index (χ4n) is 6.30. The molecule has 0 radical (unpaired) electrons. The van der Waals surface area contributed by atoms with E-state index in [-0.39, 0.29) is 24.4 Å². The molecule has 5 fully saturated rings. The Morgan fingerprint density at radius 3 is 2.24 bits per heavy atom. The second-order valence-corrected chi connectivity index (χ2v) is 10.4. The Hall–Kier alpha value is -1.22. The Morgan fingerprint density at radius 2 is 1.53 bits per heavy atom. The second kappa shape index (κ2) is 9.68. The van der Waals surface area contributed by atoms with Gasteiger partial charge in [0.25, 0.3) is 0 Å². The molecule has 5 aliphatic rings. The van der Waals surface area contributed by atoms with E-state index in [1.54, 1.807) is 0 Å². The number of rotatable bonds is 6. The number of benzene rings is 1. The van der Waals surface area contributed by atoms with Gasteiger partial charge in [0.05, 0.1) is 19.8 Å². The van der Waals surface area contributed by atoms with Gasteiger partial charge < -0.3 is 33.2 Å². The predicted molar refractivity (Wildman–Crippen MR) is 123 cm³/mol. The largest absolute Gasteiger partial charge is 0.494 e. The molecule has 3 heterocycles. The first-order valence-corrected chi connectivity index (χ1v) is 13.3. The van der Waals surface area contributed by atoms with E-state index in [4.69, 9.17) is 33.2 Å². The Bertz CT molecular complexity index is 815. The molecule has 2 aliphatic carbocycles. The first-order chi connectivity index (χ1) is 16.7. The Kier molecular flexibility index (Phi) is 6.60. The van der Waals surface area contributed by atoms with Crippen molar-refractivity contribution in [2.75, 3.05) is 13.2 Å². The molecule has 188 valence electrons. The number of ether oxygens (including phenoxy) is 7. The van der Waals surface area contributed by atoms with E-state index < -0.39 is 17.9 Å². The molecule has 0 unspecified atom stereocenters. The van der Waals surface area contributed by atoms with Crippen LogP contribution >= 0.6 is 0 Å². The van der Waals surface area contributed by atoms with E-state index >= 15 is 0 Å². The van der Waals surface area contributed by atoms with Gasteiger partial charge in [0, 0.05) is 25.7 Å². The molecule has 3 saturated heterocycles. The van der Waals surface area contributed by atoms with E-state index in [1.165, 1.54) is 12.8 Å². The third kappa shape index (κ3) is 4.51. The molecule has 0 N–H and O–H groups in total. The Balaban J connectivity index is 1.17. The zero-order chi connectivity index (χ0) is 23.0. The fourth-order valence-corrected chi connectivity index (χ4v) is 6.30. The Labute approximate surface area is 202 Å². The highest BCUT2D eigenvalue weighted by molar-refractivity contribution is 5.26. The normalized spacial score (nSPS) is 36.2. The molecule has 6 rings (SSSR count). The van der Waals surface area contributed by atoms with Crippen LogP contribution in [0.4, 0.5) is 0 Å². The summed E-state index contributed by atoms with van der Waals surface area (Å²) >= 11 is 0. The van der Waals surface area contributed by atoms with Crippen LogP contribution in [-0.2, 0) is 35.0 Å². The highest BCUT2D eigenvalue weighted by Gasteiger charge is 2.61. The van der Waals surface area contributed by atoms with Crippen LogP contribution in [-0.4, -0.2) is 55.5 Å². The van der Waals surface area contributed by atoms with Crippen molar-refractivity contribution in [3.63, 3.8) is 0 Å². The number of fused-ring (bicyclic) bond motifs is 1. The molecule has 3 aliphatic heterocycles. The molecule has 7 nitrogen and oxygen atoms in total. The quantitative estimate of drug-likeness (QED) is 0.584. The van der Waals surface area contributed by atoms with E-state index in [9.17, 15) is 0 Å². The zero-order valence-corrected chi connectivity index (χ0v) is 20.2. The molecule has 0 bridgehead atoms. The fraction of sp³-hybridized carbons (Fsp3) is 0.778. The van der Waals surface area contributed by atoms with Crippen LogP contribution in [0.2, 0.25) is 0 Å². The van der Waals surface area contributed by atoms with Gasteiger partial charge in [-0.1, -0.05) is 25.0 Å². The standard InChI is InChI=1S/C27H38O7/c1-2-28-20-11-9-19(10-12-20)17-29-23-22(21-18-30-26(32-21)13-5-3-6-14-26)31-25-24(23)33-27(34-25)15-7-4-8-16-27/h9-12,21-25H,2-8,13-18H2,1H3/t21-,22-,23+,24-,25+/m0/s1. The lowest BCUT2D eigenvalue weighted by atomic mass is 9.94. The van der Waals surface area contributed by atoms with Crippen LogP contribution < -0.4 is 4.74 Å². The zero-order valence-electron chi connectivity index (χ0n) is 20.2. The topological polar surface area (TPSA) is 64.6 Å². The van der Waals surface area contributed by atoms with Gasteiger partial charge in [0.2, 0.25) is 0 Å². The van der Waals surface area contributed by atoms with Gasteiger partial charge in [0.15, 0.2) is 17.9 Å². The van der Waals surface area contributed by atoms with Crippen LogP contribution in [0.5, 0.6) is 5.75 Å². The van der Waals surface area contributed by atoms with Gasteiger partial charge in [-0.3, -0.25) is 0 Å². The molecule has 0 amide bonds. The van der Waals surface area contributed by atoms with Crippen molar-refractivity contribution in [1.29, 1.82) is 0 Å². The van der Waals surface area contributed by atoms with Crippen molar-refractivity contribution in [1.82, 2.24) is 0 Å². The summed E-state index contributed by atoms with van der Waals surface area (Å²) in [5.74, 6) is -0.0956. The maximum atomic E-state index is 6.60. The van der Waals surface area contributed by atoms with Crippen LogP contribution in [0.25, 0.3) is 0 Å². The van der Waals surface area contributed by atoms with Gasteiger partial charge in [-0.2, -0.15) is 0 Å². The molecule has 5 atom stereocenters. The molecule has 2 saturated carbocycles. The average molecular weight is 475 g/mol. The smallest absolute Gasteiger partial charge is 0.190 e. The minimum Gasteiger partial charge on any atom is -0.494 e. The minimum atomic E-state index is -0.517. The molecule has 34 heavy (non-hydrogen) atoms. The summed E-state index contributed by atoms with van der Waals surface area (Å²) in [5, 5.41) is 0. The molecule has 1 aromatic carbocycles. The van der Waals surface area contributed by atoms with Crippen LogP contribution in [0.1, 0.15) is 76.7 Å². The molecule has 7 heteroatoms. The van der Waals surface area contributed by atoms with Crippen LogP contribution in [0, 0.1) is 0 Å². The number of hydrogen-bond donors (Lipinski definition) is 0. The summed E-state index contributed by atoms with van der Waals surface area (Å²) < 4.78 is 44.4. The van der Waals surface area contributed by atoms with Gasteiger partial charge in [0.1, 0.15) is 30.2 Å². The second-order valence-electron chi connectivity index (χ2n) is 10.4. The molecule has 2 spiro atoms. The van der Waals surface area contributed by atoms with Crippen molar-refractivity contribution < 1.29 is 33.2 Å². The summed E-state index contributed by atoms with van der Waals surface area (Å²) in [6.45, 7) is 3.64. The van der Waals surface area contributed by atoms with E-state index in [1.807, 2.05) is 31.2 Å². The monoisotopic (exact) mass is 474 g/mol. The lowest BCUT2D eigenvalue weighted by Gasteiger charge is -2.35. The Morgan fingerprint density at radius 1 is 0.824 bits per heavy atom. The lowest BCUT2D eigenvalue weighted by molar-refractivity contribution is -0.263. The summed E-state index contributed by atoms with van der Waals surface area (Å²) in [4.78, 5) is 0. The van der Waals surface area contributed by atoms with Crippen molar-refractivity contribution in [3.05, 3.63) is 29.8 Å². The van der Waals surface area contributed by atoms with Gasteiger partial charge >= 0.3 is 0 Å². The molecular formula is C27H38O7. The van der Waals surface area contributed by atoms with Crippen molar-refractivity contribution >= 4 is 0 Å². The van der Waals surface area contributed by atoms with E-state index in [2.05, 4.69) is 0 Å². The van der Waals surface area contributed by atoms with Crippen LogP contribution in [0.15, 0.2) is 24.3 Å². The van der Waals surface area contributed by atoms with Crippen molar-refractivity contribution in [2.45, 2.75) is 120 Å². The van der Waals surface area contributed by atoms with Gasteiger partial charge in [-0.25, -0.2) is 0 Å². The minimum absolute atomic E-state index is 0.177. The van der Waals surface area contributed by atoms with Crippen molar-refractivity contribution in [3.8, 4) is 5.75 Å². The third-order valence-electron chi connectivity index (χ3n) is 8.04. The maximum Gasteiger partial charge on any atom is 0.190 e. The molecular weight excluding hydrogens is 436 g/mol. The maximum absolute atomic E-state index is 6.60. The third-order valence-corrected chi connectivity index (χ3v) is 8.04. The van der Waals surface area contributed by atoms with E-state index in [0.717, 1.165) is 62.7 Å². The first-order valence-electron chi connectivity index (χ1n) is 13.3.